The van der Waals surface area contributed by atoms with E-state index in [0.29, 0.717) is 5.25 Å². The van der Waals surface area contributed by atoms with Crippen molar-refractivity contribution in [3.63, 3.8) is 0 Å². The van der Waals surface area contributed by atoms with Crippen LogP contribution in [0.4, 0.5) is 0 Å². The van der Waals surface area contributed by atoms with E-state index in [-0.39, 0.29) is 6.61 Å². The van der Waals surface area contributed by atoms with E-state index in [1.807, 2.05) is 36.4 Å². The third kappa shape index (κ3) is 3.62. The third-order valence-electron chi connectivity index (χ3n) is 2.58. The van der Waals surface area contributed by atoms with Gasteiger partial charge in [-0.2, -0.15) is 0 Å². The van der Waals surface area contributed by atoms with E-state index in [0.717, 1.165) is 6.42 Å². The molecule has 1 N–H and O–H groups in total. The first-order valence-electron chi connectivity index (χ1n) is 5.77. The van der Waals surface area contributed by atoms with Crippen LogP contribution in [0.25, 0.3) is 0 Å². The molecule has 2 aromatic carbocycles. The van der Waals surface area contributed by atoms with Gasteiger partial charge in [-0.15, -0.1) is 11.8 Å². The Morgan fingerprint density at radius 2 is 1.47 bits per heavy atom. The second-order valence-electron chi connectivity index (χ2n) is 3.84. The minimum Gasteiger partial charge on any atom is -0.396 e. The SMILES string of the molecule is OCC[C@@H](Sc1ccccc1)c1ccccc1. The minimum absolute atomic E-state index is 0.222. The first-order chi connectivity index (χ1) is 8.40. The number of aliphatic hydroxyl groups excluding tert-OH is 1. The van der Waals surface area contributed by atoms with Crippen LogP contribution in [-0.2, 0) is 0 Å². The van der Waals surface area contributed by atoms with Crippen molar-refractivity contribution in [1.29, 1.82) is 0 Å². The molecule has 0 aromatic heterocycles. The van der Waals surface area contributed by atoms with Crippen LogP contribution in [0.5, 0.6) is 0 Å². The highest BCUT2D eigenvalue weighted by atomic mass is 32.2. The van der Waals surface area contributed by atoms with Crippen molar-refractivity contribution in [3.05, 3.63) is 66.2 Å². The van der Waals surface area contributed by atoms with Crippen molar-refractivity contribution in [2.24, 2.45) is 0 Å². The molecular weight excluding hydrogens is 228 g/mol. The van der Waals surface area contributed by atoms with E-state index in [2.05, 4.69) is 24.3 Å². The summed E-state index contributed by atoms with van der Waals surface area (Å²) in [5.41, 5.74) is 1.27. The molecule has 2 heteroatoms. The summed E-state index contributed by atoms with van der Waals surface area (Å²) < 4.78 is 0. The quantitative estimate of drug-likeness (QED) is 0.805. The van der Waals surface area contributed by atoms with Gasteiger partial charge in [-0.25, -0.2) is 0 Å². The van der Waals surface area contributed by atoms with Crippen LogP contribution >= 0.6 is 11.8 Å². The van der Waals surface area contributed by atoms with Gasteiger partial charge in [-0.1, -0.05) is 48.5 Å². The molecule has 17 heavy (non-hydrogen) atoms. The average molecular weight is 244 g/mol. The molecule has 0 aliphatic rings. The zero-order valence-electron chi connectivity index (χ0n) is 9.62. The van der Waals surface area contributed by atoms with Gasteiger partial charge in [0.15, 0.2) is 0 Å². The van der Waals surface area contributed by atoms with Crippen LogP contribution in [0, 0.1) is 0 Å². The zero-order chi connectivity index (χ0) is 11.9. The second kappa shape index (κ2) is 6.48. The van der Waals surface area contributed by atoms with E-state index in [9.17, 15) is 0 Å². The summed E-state index contributed by atoms with van der Waals surface area (Å²) in [5, 5.41) is 9.49. The maximum Gasteiger partial charge on any atom is 0.0444 e. The van der Waals surface area contributed by atoms with Crippen LogP contribution < -0.4 is 0 Å². The fourth-order valence-electron chi connectivity index (χ4n) is 1.74. The molecule has 2 rings (SSSR count). The number of rotatable bonds is 5. The Morgan fingerprint density at radius 3 is 2.06 bits per heavy atom. The normalized spacial score (nSPS) is 12.3. The minimum atomic E-state index is 0.222. The highest BCUT2D eigenvalue weighted by molar-refractivity contribution is 7.99. The van der Waals surface area contributed by atoms with Crippen LogP contribution in [0.1, 0.15) is 17.2 Å². The van der Waals surface area contributed by atoms with Crippen molar-refractivity contribution in [2.75, 3.05) is 6.61 Å². The van der Waals surface area contributed by atoms with Gasteiger partial charge in [0, 0.05) is 16.8 Å². The Bertz CT molecular complexity index is 427. The molecule has 1 nitrogen and oxygen atoms in total. The lowest BCUT2D eigenvalue weighted by Crippen LogP contribution is -1.97. The third-order valence-corrected chi connectivity index (χ3v) is 3.92. The lowest BCUT2D eigenvalue weighted by Gasteiger charge is -2.15. The van der Waals surface area contributed by atoms with Crippen molar-refractivity contribution < 1.29 is 5.11 Å². The van der Waals surface area contributed by atoms with E-state index in [1.54, 1.807) is 11.8 Å². The van der Waals surface area contributed by atoms with E-state index in [4.69, 9.17) is 5.11 Å². The summed E-state index contributed by atoms with van der Waals surface area (Å²) in [7, 11) is 0. The monoisotopic (exact) mass is 244 g/mol. The zero-order valence-corrected chi connectivity index (χ0v) is 10.4. The number of thioether (sulfide) groups is 1. The molecule has 1 atom stereocenters. The van der Waals surface area contributed by atoms with Crippen LogP contribution in [-0.4, -0.2) is 11.7 Å². The van der Waals surface area contributed by atoms with Gasteiger partial charge in [0.05, 0.1) is 0 Å². The Labute approximate surface area is 107 Å². The Kier molecular flexibility index (Phi) is 4.65. The van der Waals surface area contributed by atoms with Gasteiger partial charge in [0.2, 0.25) is 0 Å². The van der Waals surface area contributed by atoms with Gasteiger partial charge in [0.25, 0.3) is 0 Å². The number of benzene rings is 2. The van der Waals surface area contributed by atoms with E-state index < -0.39 is 0 Å². The standard InChI is InChI=1S/C15H16OS/c16-12-11-15(13-7-3-1-4-8-13)17-14-9-5-2-6-10-14/h1-10,15-16H,11-12H2/t15-/m1/s1. The molecule has 0 unspecified atom stereocenters. The summed E-state index contributed by atoms with van der Waals surface area (Å²) in [6.07, 6.45) is 0.781. The fraction of sp³-hybridized carbons (Fsp3) is 0.200. The molecule has 0 amide bonds. The van der Waals surface area contributed by atoms with E-state index >= 15 is 0 Å². The van der Waals surface area contributed by atoms with Crippen molar-refractivity contribution in [1.82, 2.24) is 0 Å². The first kappa shape index (κ1) is 12.2. The number of hydrogen-bond acceptors (Lipinski definition) is 2. The maximum absolute atomic E-state index is 9.16. The average Bonchev–Trinajstić information content (AvgIpc) is 2.40. The van der Waals surface area contributed by atoms with Gasteiger partial charge in [-0.3, -0.25) is 0 Å². The number of aliphatic hydroxyl groups is 1. The Hall–Kier alpha value is -1.25. The summed E-state index contributed by atoms with van der Waals surface area (Å²) >= 11 is 1.81. The molecule has 0 radical (unpaired) electrons. The van der Waals surface area contributed by atoms with Gasteiger partial charge < -0.3 is 5.11 Å². The van der Waals surface area contributed by atoms with Gasteiger partial charge in [-0.05, 0) is 24.1 Å². The summed E-state index contributed by atoms with van der Waals surface area (Å²) in [5.74, 6) is 0. The summed E-state index contributed by atoms with van der Waals surface area (Å²) in [6, 6.07) is 20.7. The van der Waals surface area contributed by atoms with Crippen molar-refractivity contribution in [3.8, 4) is 0 Å². The predicted molar refractivity (Wildman–Crippen MR) is 73.2 cm³/mol. The molecule has 0 fully saturated rings. The van der Waals surface area contributed by atoms with Crippen LogP contribution in [0.3, 0.4) is 0 Å². The van der Waals surface area contributed by atoms with E-state index in [1.165, 1.54) is 10.5 Å². The Balaban J connectivity index is 2.13. The summed E-state index contributed by atoms with van der Waals surface area (Å²) in [4.78, 5) is 1.25. The maximum atomic E-state index is 9.16. The molecule has 88 valence electrons. The summed E-state index contributed by atoms with van der Waals surface area (Å²) in [6.45, 7) is 0.222. The predicted octanol–water partition coefficient (Wildman–Crippen LogP) is 3.90. The molecule has 2 aromatic rings. The Morgan fingerprint density at radius 1 is 0.882 bits per heavy atom. The molecule has 0 aliphatic heterocycles. The lowest BCUT2D eigenvalue weighted by molar-refractivity contribution is 0.287. The highest BCUT2D eigenvalue weighted by Gasteiger charge is 2.11. The lowest BCUT2D eigenvalue weighted by atomic mass is 10.1. The van der Waals surface area contributed by atoms with Gasteiger partial charge in [0.1, 0.15) is 0 Å². The molecule has 0 spiro atoms. The first-order valence-corrected chi connectivity index (χ1v) is 6.65. The molecule has 0 heterocycles. The number of hydrogen-bond donors (Lipinski definition) is 1. The smallest absolute Gasteiger partial charge is 0.0444 e. The molecule has 0 bridgehead atoms. The topological polar surface area (TPSA) is 20.2 Å². The van der Waals surface area contributed by atoms with Gasteiger partial charge >= 0.3 is 0 Å². The highest BCUT2D eigenvalue weighted by Crippen LogP contribution is 2.37. The molecule has 0 aliphatic carbocycles. The van der Waals surface area contributed by atoms with Crippen LogP contribution in [0.15, 0.2) is 65.6 Å². The molecule has 0 saturated carbocycles. The van der Waals surface area contributed by atoms with Crippen LogP contribution in [0.2, 0.25) is 0 Å². The molecular formula is C15H16OS. The largest absolute Gasteiger partial charge is 0.396 e. The van der Waals surface area contributed by atoms with Crippen molar-refractivity contribution >= 4 is 11.8 Å². The second-order valence-corrected chi connectivity index (χ2v) is 5.12. The molecule has 0 saturated heterocycles. The fourth-order valence-corrected chi connectivity index (χ4v) is 2.90. The van der Waals surface area contributed by atoms with Crippen molar-refractivity contribution in [2.45, 2.75) is 16.6 Å².